The first kappa shape index (κ1) is 19.3. The second-order valence-corrected chi connectivity index (χ2v) is 8.96. The van der Waals surface area contributed by atoms with Crippen LogP contribution in [0.3, 0.4) is 0 Å². The summed E-state index contributed by atoms with van der Waals surface area (Å²) in [5.74, 6) is 0. The van der Waals surface area contributed by atoms with E-state index in [1.54, 1.807) is 12.7 Å². The Hall–Kier alpha value is -4.98. The molecule has 8 nitrogen and oxygen atoms in total. The quantitative estimate of drug-likeness (QED) is 0.342. The normalized spacial score (nSPS) is 12.1. The van der Waals surface area contributed by atoms with Gasteiger partial charge in [-0.1, -0.05) is 36.4 Å². The van der Waals surface area contributed by atoms with Gasteiger partial charge in [-0.3, -0.25) is 8.80 Å². The Kier molecular flexibility index (Phi) is 3.90. The molecule has 0 N–H and O–H groups in total. The molecule has 0 fully saturated rings. The maximum Gasteiger partial charge on any atom is 0.148 e. The monoisotopic (exact) mass is 466 g/mol. The number of benzene rings is 2. The summed E-state index contributed by atoms with van der Waals surface area (Å²) in [5, 5.41) is 4.08. The van der Waals surface area contributed by atoms with E-state index in [1.165, 1.54) is 0 Å². The topological polar surface area (TPSA) is 86.2 Å². The van der Waals surface area contributed by atoms with Crippen molar-refractivity contribution >= 4 is 54.9 Å². The van der Waals surface area contributed by atoms with E-state index in [9.17, 15) is 0 Å². The van der Waals surface area contributed by atoms with Crippen molar-refractivity contribution in [1.82, 2.24) is 38.7 Å². The smallest absolute Gasteiger partial charge is 0.148 e. The number of hydrogen-bond donors (Lipinski definition) is 0. The number of hydrogen-bond acceptors (Lipinski definition) is 6. The van der Waals surface area contributed by atoms with Gasteiger partial charge in [-0.25, -0.2) is 29.9 Å². The number of pyridine rings is 2. The highest BCUT2D eigenvalue weighted by molar-refractivity contribution is 6.10. The summed E-state index contributed by atoms with van der Waals surface area (Å²) in [4.78, 5) is 27.6. The first-order chi connectivity index (χ1) is 17.8. The molecule has 0 spiro atoms. The Morgan fingerprint density at radius 1 is 0.556 bits per heavy atom. The van der Waals surface area contributed by atoms with Gasteiger partial charge in [0, 0.05) is 35.6 Å². The minimum Gasteiger partial charge on any atom is -0.299 e. The van der Waals surface area contributed by atoms with Gasteiger partial charge in [0.05, 0.1) is 44.2 Å². The van der Waals surface area contributed by atoms with Gasteiger partial charge in [-0.2, -0.15) is 0 Å². The Morgan fingerprint density at radius 2 is 1.03 bits per heavy atom. The highest BCUT2D eigenvalue weighted by Crippen LogP contribution is 2.29. The number of nitrogens with zero attached hydrogens (tertiary/aromatic N) is 8. The minimum atomic E-state index is 0.765. The van der Waals surface area contributed by atoms with Gasteiger partial charge in [0.15, 0.2) is 0 Å². The van der Waals surface area contributed by atoms with E-state index in [1.807, 2.05) is 36.7 Å². The molecule has 8 aromatic rings. The first-order valence-electron chi connectivity index (χ1n) is 11.8. The van der Waals surface area contributed by atoms with Crippen LogP contribution < -0.4 is 0 Å². The van der Waals surface area contributed by atoms with Crippen molar-refractivity contribution in [2.24, 2.45) is 0 Å². The molecule has 8 heteroatoms. The molecule has 36 heavy (non-hydrogen) atoms. The number of rotatable bonds is 3. The van der Waals surface area contributed by atoms with Crippen molar-refractivity contribution < 1.29 is 0 Å². The zero-order chi connectivity index (χ0) is 23.6. The lowest BCUT2D eigenvalue weighted by molar-refractivity contribution is 0.901. The third-order valence-electron chi connectivity index (χ3n) is 6.89. The van der Waals surface area contributed by atoms with Crippen LogP contribution in [0.25, 0.3) is 54.9 Å². The maximum absolute atomic E-state index is 4.99. The van der Waals surface area contributed by atoms with Crippen LogP contribution in [0.4, 0.5) is 0 Å². The fourth-order valence-electron chi connectivity index (χ4n) is 5.29. The fourth-order valence-corrected chi connectivity index (χ4v) is 5.29. The van der Waals surface area contributed by atoms with Crippen LogP contribution >= 0.6 is 0 Å². The zero-order valence-corrected chi connectivity index (χ0v) is 19.1. The standard InChI is InChI=1S/C28H18N8/c1-3-7-23-19(5-1)25-21(11-29-15-31-25)27-33-17(13-35(23)27)9-10-18-14-36-24-8-4-2-6-20(24)26-22(28(36)34-18)12-30-16-32-26/h1-8,11-16H,9-10H2. The summed E-state index contributed by atoms with van der Waals surface area (Å²) < 4.78 is 4.30. The average Bonchev–Trinajstić information content (AvgIpc) is 3.58. The van der Waals surface area contributed by atoms with E-state index in [0.29, 0.717) is 0 Å². The lowest BCUT2D eigenvalue weighted by atomic mass is 10.1. The van der Waals surface area contributed by atoms with Gasteiger partial charge in [0.1, 0.15) is 23.9 Å². The van der Waals surface area contributed by atoms with Gasteiger partial charge in [0.2, 0.25) is 0 Å². The zero-order valence-electron chi connectivity index (χ0n) is 19.1. The third kappa shape index (κ3) is 2.69. The molecule has 0 radical (unpaired) electrons. The number of imidazole rings is 2. The Labute approximate surface area is 203 Å². The van der Waals surface area contributed by atoms with E-state index >= 15 is 0 Å². The highest BCUT2D eigenvalue weighted by atomic mass is 15.0. The number of para-hydroxylation sites is 2. The molecule has 0 aliphatic heterocycles. The van der Waals surface area contributed by atoms with E-state index in [2.05, 4.69) is 65.4 Å². The second kappa shape index (κ2) is 7.26. The summed E-state index contributed by atoms with van der Waals surface area (Å²) in [5.41, 5.74) is 7.79. The molecule has 0 unspecified atom stereocenters. The largest absolute Gasteiger partial charge is 0.299 e. The summed E-state index contributed by atoms with van der Waals surface area (Å²) in [6.07, 6.45) is 12.7. The predicted octanol–water partition coefficient (Wildman–Crippen LogP) is 4.96. The van der Waals surface area contributed by atoms with E-state index in [-0.39, 0.29) is 0 Å². The first-order valence-corrected chi connectivity index (χ1v) is 11.8. The molecule has 0 amide bonds. The van der Waals surface area contributed by atoms with Crippen LogP contribution in [0, 0.1) is 0 Å². The molecule has 170 valence electrons. The molecule has 0 saturated heterocycles. The Morgan fingerprint density at radius 3 is 1.53 bits per heavy atom. The van der Waals surface area contributed by atoms with Crippen molar-refractivity contribution in [3.8, 4) is 0 Å². The van der Waals surface area contributed by atoms with Crippen molar-refractivity contribution in [2.75, 3.05) is 0 Å². The Balaban J connectivity index is 1.25. The van der Waals surface area contributed by atoms with Gasteiger partial charge in [-0.05, 0) is 25.0 Å². The van der Waals surface area contributed by atoms with Crippen LogP contribution in [-0.2, 0) is 12.8 Å². The SMILES string of the molecule is c1ccc2c(c1)c1ncncc1c1nc(CCc3cn4c5ccccc5c5ncncc5c4n3)cn21. The van der Waals surface area contributed by atoms with Gasteiger partial charge in [0.25, 0.3) is 0 Å². The molecule has 0 aliphatic carbocycles. The van der Waals surface area contributed by atoms with Crippen LogP contribution in [0.5, 0.6) is 0 Å². The number of fused-ring (bicyclic) bond motifs is 12. The van der Waals surface area contributed by atoms with Crippen LogP contribution in [0.15, 0.2) is 86.0 Å². The van der Waals surface area contributed by atoms with Crippen LogP contribution in [-0.4, -0.2) is 38.7 Å². The second-order valence-electron chi connectivity index (χ2n) is 8.96. The van der Waals surface area contributed by atoms with Crippen LogP contribution in [0.2, 0.25) is 0 Å². The lowest BCUT2D eigenvalue weighted by Crippen LogP contribution is -1.92. The molecule has 2 aromatic carbocycles. The van der Waals surface area contributed by atoms with Crippen molar-refractivity contribution in [2.45, 2.75) is 12.8 Å². The molecular weight excluding hydrogens is 448 g/mol. The maximum atomic E-state index is 4.99. The number of aryl methyl sites for hydroxylation is 2. The molecule has 0 atom stereocenters. The van der Waals surface area contributed by atoms with E-state index in [4.69, 9.17) is 9.97 Å². The minimum absolute atomic E-state index is 0.765. The van der Waals surface area contributed by atoms with E-state index in [0.717, 1.165) is 79.1 Å². The van der Waals surface area contributed by atoms with Gasteiger partial charge >= 0.3 is 0 Å². The molecule has 0 saturated carbocycles. The van der Waals surface area contributed by atoms with Crippen LogP contribution in [0.1, 0.15) is 11.4 Å². The average molecular weight is 467 g/mol. The van der Waals surface area contributed by atoms with Gasteiger partial charge < -0.3 is 0 Å². The van der Waals surface area contributed by atoms with Crippen molar-refractivity contribution in [3.05, 3.63) is 97.4 Å². The highest BCUT2D eigenvalue weighted by Gasteiger charge is 2.15. The van der Waals surface area contributed by atoms with Gasteiger partial charge in [-0.15, -0.1) is 0 Å². The summed E-state index contributed by atoms with van der Waals surface area (Å²) in [7, 11) is 0. The molecule has 6 aromatic heterocycles. The van der Waals surface area contributed by atoms with Crippen molar-refractivity contribution in [1.29, 1.82) is 0 Å². The summed E-state index contributed by atoms with van der Waals surface area (Å²) in [6.45, 7) is 0. The fraction of sp³-hybridized carbons (Fsp3) is 0.0714. The lowest BCUT2D eigenvalue weighted by Gasteiger charge is -2.05. The molecule has 0 bridgehead atoms. The third-order valence-corrected chi connectivity index (χ3v) is 6.89. The predicted molar refractivity (Wildman–Crippen MR) is 139 cm³/mol. The number of aromatic nitrogens is 8. The van der Waals surface area contributed by atoms with E-state index < -0.39 is 0 Å². The molecule has 0 aliphatic rings. The molecule has 6 heterocycles. The van der Waals surface area contributed by atoms with Crippen molar-refractivity contribution in [3.63, 3.8) is 0 Å². The summed E-state index contributed by atoms with van der Waals surface area (Å²) in [6, 6.07) is 16.6. The molecular formula is C28H18N8. The summed E-state index contributed by atoms with van der Waals surface area (Å²) >= 11 is 0. The Bertz CT molecular complexity index is 1820. The molecule has 8 rings (SSSR count).